The van der Waals surface area contributed by atoms with Crippen LogP contribution >= 0.6 is 0 Å². The van der Waals surface area contributed by atoms with Gasteiger partial charge < -0.3 is 4.98 Å². The molecule has 0 fully saturated rings. The van der Waals surface area contributed by atoms with Gasteiger partial charge in [-0.05, 0) is 31.0 Å². The van der Waals surface area contributed by atoms with Crippen LogP contribution in [0.1, 0.15) is 41.6 Å². The van der Waals surface area contributed by atoms with E-state index in [2.05, 4.69) is 53.1 Å². The van der Waals surface area contributed by atoms with Gasteiger partial charge in [0.15, 0.2) is 0 Å². The second-order valence-corrected chi connectivity index (χ2v) is 6.83. The maximum Gasteiger partial charge on any atom is 0.128 e. The summed E-state index contributed by atoms with van der Waals surface area (Å²) in [5.41, 5.74) is 6.45. The fraction of sp³-hybridized carbons (Fsp3) is 0.400. The topological polar surface area (TPSA) is 44.8 Å². The quantitative estimate of drug-likeness (QED) is 0.796. The summed E-state index contributed by atoms with van der Waals surface area (Å²) in [7, 11) is 0. The van der Waals surface area contributed by atoms with Crippen LogP contribution in [0.15, 0.2) is 30.6 Å². The average Bonchev–Trinajstić information content (AvgIpc) is 2.97. The van der Waals surface area contributed by atoms with Gasteiger partial charge in [-0.3, -0.25) is 4.90 Å². The van der Waals surface area contributed by atoms with E-state index in [0.29, 0.717) is 0 Å². The molecule has 24 heavy (non-hydrogen) atoms. The number of nitrogens with one attached hydrogen (secondary N) is 1. The number of benzene rings is 1. The monoisotopic (exact) mass is 320 g/mol. The minimum Gasteiger partial charge on any atom is -0.361 e. The van der Waals surface area contributed by atoms with Crippen molar-refractivity contribution in [3.05, 3.63) is 58.8 Å². The molecule has 3 heterocycles. The van der Waals surface area contributed by atoms with Gasteiger partial charge in [0.2, 0.25) is 0 Å². The maximum absolute atomic E-state index is 4.75. The van der Waals surface area contributed by atoms with Gasteiger partial charge in [-0.1, -0.05) is 18.6 Å². The molecule has 0 unspecified atom stereocenters. The second kappa shape index (κ2) is 6.36. The van der Waals surface area contributed by atoms with Crippen LogP contribution in [0.5, 0.6) is 0 Å². The predicted molar refractivity (Wildman–Crippen MR) is 96.9 cm³/mol. The van der Waals surface area contributed by atoms with E-state index in [1.54, 1.807) is 0 Å². The number of aryl methyl sites for hydroxylation is 2. The van der Waals surface area contributed by atoms with E-state index in [1.807, 2.05) is 6.20 Å². The van der Waals surface area contributed by atoms with Crippen LogP contribution in [0.2, 0.25) is 0 Å². The Hall–Kier alpha value is -2.20. The van der Waals surface area contributed by atoms with Crippen molar-refractivity contribution in [2.75, 3.05) is 6.54 Å². The molecule has 0 radical (unpaired) electrons. The molecule has 0 aliphatic carbocycles. The molecule has 3 aromatic rings. The van der Waals surface area contributed by atoms with Crippen molar-refractivity contribution in [3.63, 3.8) is 0 Å². The number of nitrogens with zero attached hydrogens (tertiary/aromatic N) is 3. The first-order valence-corrected chi connectivity index (χ1v) is 8.85. The summed E-state index contributed by atoms with van der Waals surface area (Å²) in [6.45, 7) is 7.31. The van der Waals surface area contributed by atoms with Gasteiger partial charge in [-0.25, -0.2) is 9.97 Å². The number of fused-ring (bicyclic) bond motifs is 2. The molecule has 1 N–H and O–H groups in total. The number of aromatic nitrogens is 3. The fourth-order valence-electron chi connectivity index (χ4n) is 3.56. The van der Waals surface area contributed by atoms with Crippen LogP contribution < -0.4 is 0 Å². The molecule has 4 heteroatoms. The zero-order valence-corrected chi connectivity index (χ0v) is 14.5. The lowest BCUT2D eigenvalue weighted by molar-refractivity contribution is 0.243. The molecule has 0 spiro atoms. The Morgan fingerprint density at radius 2 is 2.21 bits per heavy atom. The molecule has 124 valence electrons. The SMILES string of the molecule is CCCc1ncc2c(n1)CCN(Cc1c[nH]c3ccc(C)cc13)C2. The fourth-order valence-corrected chi connectivity index (χ4v) is 3.56. The Balaban J connectivity index is 1.53. The van der Waals surface area contributed by atoms with Gasteiger partial charge in [-0.15, -0.1) is 0 Å². The van der Waals surface area contributed by atoms with Crippen LogP contribution in [0, 0.1) is 6.92 Å². The van der Waals surface area contributed by atoms with Crippen molar-refractivity contribution < 1.29 is 0 Å². The van der Waals surface area contributed by atoms with Crippen molar-refractivity contribution in [3.8, 4) is 0 Å². The minimum atomic E-state index is 0.945. The summed E-state index contributed by atoms with van der Waals surface area (Å²) in [6, 6.07) is 6.60. The number of H-pyrrole nitrogens is 1. The van der Waals surface area contributed by atoms with Gasteiger partial charge in [0.25, 0.3) is 0 Å². The lowest BCUT2D eigenvalue weighted by Gasteiger charge is -2.27. The highest BCUT2D eigenvalue weighted by Crippen LogP contribution is 2.24. The van der Waals surface area contributed by atoms with Gasteiger partial charge in [0.1, 0.15) is 5.82 Å². The molecule has 0 atom stereocenters. The molecular formula is C20H24N4. The summed E-state index contributed by atoms with van der Waals surface area (Å²) in [6.07, 6.45) is 7.30. The molecule has 0 saturated heterocycles. The molecule has 4 nitrogen and oxygen atoms in total. The summed E-state index contributed by atoms with van der Waals surface area (Å²) in [5.74, 6) is 0.997. The summed E-state index contributed by atoms with van der Waals surface area (Å²) >= 11 is 0. The Morgan fingerprint density at radius 3 is 3.08 bits per heavy atom. The van der Waals surface area contributed by atoms with Crippen LogP contribution in [0.4, 0.5) is 0 Å². The number of hydrogen-bond donors (Lipinski definition) is 1. The van der Waals surface area contributed by atoms with Crippen molar-refractivity contribution >= 4 is 10.9 Å². The van der Waals surface area contributed by atoms with Gasteiger partial charge >= 0.3 is 0 Å². The number of rotatable bonds is 4. The number of aromatic amines is 1. The Bertz CT molecular complexity index is 865. The van der Waals surface area contributed by atoms with Gasteiger partial charge in [0.05, 0.1) is 0 Å². The van der Waals surface area contributed by atoms with Crippen LogP contribution in [-0.2, 0) is 25.9 Å². The minimum absolute atomic E-state index is 0.945. The summed E-state index contributed by atoms with van der Waals surface area (Å²) < 4.78 is 0. The Kier molecular flexibility index (Phi) is 4.07. The number of hydrogen-bond acceptors (Lipinski definition) is 3. The van der Waals surface area contributed by atoms with Crippen LogP contribution in [0.3, 0.4) is 0 Å². The van der Waals surface area contributed by atoms with E-state index in [1.165, 1.54) is 33.3 Å². The van der Waals surface area contributed by atoms with E-state index in [0.717, 1.165) is 44.7 Å². The zero-order valence-electron chi connectivity index (χ0n) is 14.5. The van der Waals surface area contributed by atoms with Crippen molar-refractivity contribution in [2.24, 2.45) is 0 Å². The van der Waals surface area contributed by atoms with Crippen LogP contribution in [-0.4, -0.2) is 26.4 Å². The molecule has 4 rings (SSSR count). The highest BCUT2D eigenvalue weighted by atomic mass is 15.1. The Morgan fingerprint density at radius 1 is 1.29 bits per heavy atom. The van der Waals surface area contributed by atoms with Crippen molar-refractivity contribution in [2.45, 2.75) is 46.2 Å². The van der Waals surface area contributed by atoms with Crippen molar-refractivity contribution in [1.82, 2.24) is 19.9 Å². The zero-order chi connectivity index (χ0) is 16.5. The third-order valence-electron chi connectivity index (χ3n) is 4.85. The molecule has 0 bridgehead atoms. The standard InChI is InChI=1S/C20H24N4/c1-3-4-20-22-11-16-13-24(8-7-18(16)23-20)12-15-10-21-19-6-5-14(2)9-17(15)19/h5-6,9-11,21H,3-4,7-8,12-13H2,1-2H3. The predicted octanol–water partition coefficient (Wildman–Crippen LogP) is 3.78. The second-order valence-electron chi connectivity index (χ2n) is 6.83. The molecule has 0 saturated carbocycles. The molecule has 0 amide bonds. The first kappa shape index (κ1) is 15.3. The van der Waals surface area contributed by atoms with Gasteiger partial charge in [-0.2, -0.15) is 0 Å². The first-order chi connectivity index (χ1) is 11.7. The average molecular weight is 320 g/mol. The van der Waals surface area contributed by atoms with E-state index in [-0.39, 0.29) is 0 Å². The van der Waals surface area contributed by atoms with Gasteiger partial charge in [0, 0.05) is 67.0 Å². The lowest BCUT2D eigenvalue weighted by Crippen LogP contribution is -2.31. The van der Waals surface area contributed by atoms with Crippen LogP contribution in [0.25, 0.3) is 10.9 Å². The third-order valence-corrected chi connectivity index (χ3v) is 4.85. The lowest BCUT2D eigenvalue weighted by atomic mass is 10.1. The molecule has 2 aromatic heterocycles. The highest BCUT2D eigenvalue weighted by Gasteiger charge is 2.19. The maximum atomic E-state index is 4.75. The smallest absolute Gasteiger partial charge is 0.128 e. The Labute approximate surface area is 142 Å². The van der Waals surface area contributed by atoms with E-state index >= 15 is 0 Å². The normalized spacial score (nSPS) is 14.9. The molecule has 1 aliphatic heterocycles. The first-order valence-electron chi connectivity index (χ1n) is 8.85. The summed E-state index contributed by atoms with van der Waals surface area (Å²) in [5, 5.41) is 1.34. The van der Waals surface area contributed by atoms with Crippen molar-refractivity contribution in [1.29, 1.82) is 0 Å². The highest BCUT2D eigenvalue weighted by molar-refractivity contribution is 5.83. The third kappa shape index (κ3) is 2.94. The van der Waals surface area contributed by atoms with E-state index < -0.39 is 0 Å². The summed E-state index contributed by atoms with van der Waals surface area (Å²) in [4.78, 5) is 15.2. The molecule has 1 aromatic carbocycles. The van der Waals surface area contributed by atoms with E-state index in [4.69, 9.17) is 4.98 Å². The largest absolute Gasteiger partial charge is 0.361 e. The molecule has 1 aliphatic rings. The molecular weight excluding hydrogens is 296 g/mol. The van der Waals surface area contributed by atoms with E-state index in [9.17, 15) is 0 Å².